The number of nitrogens with one attached hydrogen (secondary N) is 1. The molecule has 1 aromatic heterocycles. The molecular formula is C21H23FN2O5S. The van der Waals surface area contributed by atoms with Gasteiger partial charge in [-0.3, -0.25) is 0 Å². The van der Waals surface area contributed by atoms with Gasteiger partial charge in [-0.1, -0.05) is 23.4 Å². The van der Waals surface area contributed by atoms with Gasteiger partial charge in [-0.25, -0.2) is 17.5 Å². The first kappa shape index (κ1) is 21.9. The average Bonchev–Trinajstić information content (AvgIpc) is 3.06. The van der Waals surface area contributed by atoms with Crippen molar-refractivity contribution in [2.45, 2.75) is 38.3 Å². The molecule has 3 rings (SSSR count). The quantitative estimate of drug-likeness (QED) is 0.589. The lowest BCUT2D eigenvalue weighted by molar-refractivity contribution is 0.282. The zero-order valence-corrected chi connectivity index (χ0v) is 17.9. The number of aliphatic hydroxyl groups excluding tert-OH is 1. The number of rotatable bonds is 7. The highest BCUT2D eigenvalue weighted by molar-refractivity contribution is 7.89. The number of aromatic nitrogens is 1. The largest absolute Gasteiger partial charge is 0.496 e. The van der Waals surface area contributed by atoms with Crippen molar-refractivity contribution < 1.29 is 27.2 Å². The molecule has 1 atom stereocenters. The van der Waals surface area contributed by atoms with E-state index in [4.69, 9.17) is 9.26 Å². The summed E-state index contributed by atoms with van der Waals surface area (Å²) in [6, 6.07) is 8.65. The average molecular weight is 434 g/mol. The first-order chi connectivity index (χ1) is 14.2. The van der Waals surface area contributed by atoms with Gasteiger partial charge in [-0.15, -0.1) is 0 Å². The third-order valence-electron chi connectivity index (χ3n) is 4.82. The minimum absolute atomic E-state index is 0.0119. The van der Waals surface area contributed by atoms with Crippen LogP contribution in [0.2, 0.25) is 0 Å². The number of aliphatic hydroxyl groups is 1. The summed E-state index contributed by atoms with van der Waals surface area (Å²) in [7, 11) is -2.38. The minimum Gasteiger partial charge on any atom is -0.496 e. The summed E-state index contributed by atoms with van der Waals surface area (Å²) < 4.78 is 52.2. The molecule has 0 fully saturated rings. The molecule has 0 aliphatic heterocycles. The molecule has 0 bridgehead atoms. The van der Waals surface area contributed by atoms with Crippen LogP contribution in [0.1, 0.15) is 35.5 Å². The SMILES string of the molecule is COc1ccc(F)cc1-c1ccc(C(C)NS(=O)(=O)c2c(C)noc2C)cc1CO. The van der Waals surface area contributed by atoms with Crippen molar-refractivity contribution in [1.29, 1.82) is 0 Å². The Balaban J connectivity index is 1.96. The smallest absolute Gasteiger partial charge is 0.246 e. The predicted octanol–water partition coefficient (Wildman–Crippen LogP) is 3.64. The highest BCUT2D eigenvalue weighted by atomic mass is 32.2. The van der Waals surface area contributed by atoms with Gasteiger partial charge in [-0.05, 0) is 55.7 Å². The van der Waals surface area contributed by atoms with Crippen LogP contribution in [0, 0.1) is 19.7 Å². The number of methoxy groups -OCH3 is 1. The Morgan fingerprint density at radius 2 is 1.93 bits per heavy atom. The predicted molar refractivity (Wildman–Crippen MR) is 109 cm³/mol. The van der Waals surface area contributed by atoms with Gasteiger partial charge < -0.3 is 14.4 Å². The van der Waals surface area contributed by atoms with Crippen LogP contribution in [0.4, 0.5) is 4.39 Å². The summed E-state index contributed by atoms with van der Waals surface area (Å²) in [5, 5.41) is 13.6. The maximum absolute atomic E-state index is 13.8. The Kier molecular flexibility index (Phi) is 6.25. The van der Waals surface area contributed by atoms with Crippen LogP contribution in [0.5, 0.6) is 5.75 Å². The maximum atomic E-state index is 13.8. The molecule has 3 aromatic rings. The van der Waals surface area contributed by atoms with E-state index in [2.05, 4.69) is 9.88 Å². The fourth-order valence-electron chi connectivity index (χ4n) is 3.39. The van der Waals surface area contributed by atoms with E-state index < -0.39 is 21.9 Å². The monoisotopic (exact) mass is 434 g/mol. The number of benzene rings is 2. The molecule has 0 amide bonds. The van der Waals surface area contributed by atoms with Gasteiger partial charge >= 0.3 is 0 Å². The molecule has 0 saturated carbocycles. The lowest BCUT2D eigenvalue weighted by Crippen LogP contribution is -2.27. The number of hydrogen-bond acceptors (Lipinski definition) is 6. The molecular weight excluding hydrogens is 411 g/mol. The van der Waals surface area contributed by atoms with E-state index in [0.29, 0.717) is 28.0 Å². The molecule has 0 radical (unpaired) electrons. The topological polar surface area (TPSA) is 102 Å². The summed E-state index contributed by atoms with van der Waals surface area (Å²) in [6.07, 6.45) is 0. The number of sulfonamides is 1. The molecule has 1 unspecified atom stereocenters. The van der Waals surface area contributed by atoms with Gasteiger partial charge in [-0.2, -0.15) is 0 Å². The third-order valence-corrected chi connectivity index (χ3v) is 6.60. The zero-order chi connectivity index (χ0) is 22.1. The van der Waals surface area contributed by atoms with E-state index in [0.717, 1.165) is 0 Å². The fraction of sp³-hybridized carbons (Fsp3) is 0.286. The molecule has 2 N–H and O–H groups in total. The van der Waals surface area contributed by atoms with Crippen LogP contribution < -0.4 is 9.46 Å². The van der Waals surface area contributed by atoms with E-state index in [1.807, 2.05) is 0 Å². The third kappa shape index (κ3) is 4.23. The molecule has 9 heteroatoms. The van der Waals surface area contributed by atoms with Crippen LogP contribution in [0.25, 0.3) is 11.1 Å². The minimum atomic E-state index is -3.86. The van der Waals surface area contributed by atoms with Gasteiger partial charge in [0.2, 0.25) is 10.0 Å². The van der Waals surface area contributed by atoms with E-state index in [1.165, 1.54) is 32.2 Å². The standard InChI is InChI=1S/C21H23FN2O5S/c1-12(24-30(26,27)21-13(2)23-29-14(21)3)15-5-7-18(16(9-15)11-25)19-10-17(22)6-8-20(19)28-4/h5-10,12,24-25H,11H2,1-4H3. The Labute approximate surface area is 174 Å². The summed E-state index contributed by atoms with van der Waals surface area (Å²) in [4.78, 5) is 0.0119. The van der Waals surface area contributed by atoms with Crippen LogP contribution >= 0.6 is 0 Å². The number of nitrogens with zero attached hydrogens (tertiary/aromatic N) is 1. The van der Waals surface area contributed by atoms with Gasteiger partial charge in [0.15, 0.2) is 5.76 Å². The normalized spacial score (nSPS) is 12.7. The highest BCUT2D eigenvalue weighted by Gasteiger charge is 2.26. The zero-order valence-electron chi connectivity index (χ0n) is 17.1. The van der Waals surface area contributed by atoms with E-state index >= 15 is 0 Å². The highest BCUT2D eigenvalue weighted by Crippen LogP contribution is 2.34. The Hall–Kier alpha value is -2.75. The first-order valence-corrected chi connectivity index (χ1v) is 10.7. The second-order valence-corrected chi connectivity index (χ2v) is 8.57. The summed E-state index contributed by atoms with van der Waals surface area (Å²) in [5.41, 5.74) is 2.51. The second kappa shape index (κ2) is 8.55. The lowest BCUT2D eigenvalue weighted by atomic mass is 9.95. The molecule has 160 valence electrons. The van der Waals surface area contributed by atoms with Gasteiger partial charge in [0, 0.05) is 11.6 Å². The number of aryl methyl sites for hydroxylation is 2. The van der Waals surface area contributed by atoms with Crippen LogP contribution in [0.3, 0.4) is 0 Å². The number of halogens is 1. The fourth-order valence-corrected chi connectivity index (χ4v) is 4.95. The molecule has 2 aromatic carbocycles. The molecule has 7 nitrogen and oxygen atoms in total. The van der Waals surface area contributed by atoms with Gasteiger partial charge in [0.25, 0.3) is 0 Å². The Morgan fingerprint density at radius 3 is 2.53 bits per heavy atom. The number of hydrogen-bond donors (Lipinski definition) is 2. The van der Waals surface area contributed by atoms with Crippen molar-refractivity contribution in [2.24, 2.45) is 0 Å². The van der Waals surface area contributed by atoms with E-state index in [1.54, 1.807) is 32.0 Å². The van der Waals surface area contributed by atoms with Crippen molar-refractivity contribution >= 4 is 10.0 Å². The molecule has 0 saturated heterocycles. The summed E-state index contributed by atoms with van der Waals surface area (Å²) in [6.45, 7) is 4.46. The molecule has 1 heterocycles. The van der Waals surface area contributed by atoms with E-state index in [-0.39, 0.29) is 23.0 Å². The molecule has 0 spiro atoms. The van der Waals surface area contributed by atoms with Crippen LogP contribution in [-0.4, -0.2) is 25.8 Å². The lowest BCUT2D eigenvalue weighted by Gasteiger charge is -2.18. The number of ether oxygens (including phenoxy) is 1. The molecule has 30 heavy (non-hydrogen) atoms. The molecule has 0 aliphatic carbocycles. The molecule has 0 aliphatic rings. The first-order valence-electron chi connectivity index (χ1n) is 9.20. The summed E-state index contributed by atoms with van der Waals surface area (Å²) in [5.74, 6) is 0.238. The summed E-state index contributed by atoms with van der Waals surface area (Å²) >= 11 is 0. The van der Waals surface area contributed by atoms with E-state index in [9.17, 15) is 17.9 Å². The van der Waals surface area contributed by atoms with Gasteiger partial charge in [0.1, 0.15) is 22.2 Å². The maximum Gasteiger partial charge on any atom is 0.246 e. The van der Waals surface area contributed by atoms with Crippen molar-refractivity contribution in [3.63, 3.8) is 0 Å². The van der Waals surface area contributed by atoms with Crippen molar-refractivity contribution in [3.05, 3.63) is 64.8 Å². The Morgan fingerprint density at radius 1 is 1.20 bits per heavy atom. The van der Waals surface area contributed by atoms with Crippen LogP contribution in [0.15, 0.2) is 45.8 Å². The van der Waals surface area contributed by atoms with Crippen molar-refractivity contribution in [3.8, 4) is 16.9 Å². The second-order valence-electron chi connectivity index (χ2n) is 6.92. The van der Waals surface area contributed by atoms with Crippen LogP contribution in [-0.2, 0) is 16.6 Å². The van der Waals surface area contributed by atoms with Gasteiger partial charge in [0.05, 0.1) is 13.7 Å². The van der Waals surface area contributed by atoms with Crippen molar-refractivity contribution in [2.75, 3.05) is 7.11 Å². The Bertz CT molecular complexity index is 1150. The van der Waals surface area contributed by atoms with Crippen molar-refractivity contribution in [1.82, 2.24) is 9.88 Å².